The van der Waals surface area contributed by atoms with Gasteiger partial charge in [-0.2, -0.15) is 0 Å². The van der Waals surface area contributed by atoms with Crippen molar-refractivity contribution in [2.24, 2.45) is 0 Å². The largest absolute Gasteiger partial charge is 0.308 e. The molecule has 0 radical (unpaired) electrons. The summed E-state index contributed by atoms with van der Waals surface area (Å²) in [6.07, 6.45) is 0. The third-order valence-corrected chi connectivity index (χ3v) is 8.93. The van der Waals surface area contributed by atoms with Gasteiger partial charge in [-0.1, -0.05) is 140 Å². The minimum absolute atomic E-state index is 1.18. The smallest absolute Gasteiger partial charge is 0.0626 e. The van der Waals surface area contributed by atoms with Gasteiger partial charge in [-0.15, -0.1) is 0 Å². The molecule has 0 saturated carbocycles. The molecule has 0 amide bonds. The van der Waals surface area contributed by atoms with Gasteiger partial charge in [-0.25, -0.2) is 0 Å². The van der Waals surface area contributed by atoms with Crippen molar-refractivity contribution < 1.29 is 0 Å². The maximum Gasteiger partial charge on any atom is 0.0626 e. The molecule has 0 aliphatic rings. The molecule has 0 unspecified atom stereocenters. The fourth-order valence-corrected chi connectivity index (χ4v) is 7.00. The maximum atomic E-state index is 2.53. The van der Waals surface area contributed by atoms with E-state index in [2.05, 4.69) is 168 Å². The zero-order chi connectivity index (χ0) is 28.3. The van der Waals surface area contributed by atoms with Crippen LogP contribution in [0.4, 0.5) is 0 Å². The van der Waals surface area contributed by atoms with Gasteiger partial charge in [0, 0.05) is 21.7 Å². The van der Waals surface area contributed by atoms with Crippen molar-refractivity contribution in [2.45, 2.75) is 0 Å². The highest BCUT2D eigenvalue weighted by Gasteiger charge is 2.21. The van der Waals surface area contributed by atoms with Crippen LogP contribution < -0.4 is 0 Å². The Kier molecular flexibility index (Phi) is 5.27. The first-order chi connectivity index (χ1) is 21.3. The monoisotopic (exact) mass is 545 g/mol. The molecule has 1 nitrogen and oxygen atoms in total. The second-order valence-corrected chi connectivity index (χ2v) is 11.3. The molecule has 1 heterocycles. The van der Waals surface area contributed by atoms with Gasteiger partial charge in [0.2, 0.25) is 0 Å². The van der Waals surface area contributed by atoms with Crippen LogP contribution in [0.2, 0.25) is 0 Å². The molecule has 0 saturated heterocycles. The summed E-state index contributed by atoms with van der Waals surface area (Å²) >= 11 is 0. The molecule has 0 fully saturated rings. The highest BCUT2D eigenvalue weighted by atomic mass is 15.0. The Morgan fingerprint density at radius 3 is 1.63 bits per heavy atom. The molecule has 0 bridgehead atoms. The summed E-state index contributed by atoms with van der Waals surface area (Å²) in [5, 5.41) is 10.2. The Hall–Kier alpha value is -5.66. The van der Waals surface area contributed by atoms with Crippen LogP contribution in [0.5, 0.6) is 0 Å². The molecule has 9 aromatic rings. The zero-order valence-electron chi connectivity index (χ0n) is 23.5. The Labute approximate surface area is 249 Å². The predicted molar refractivity (Wildman–Crippen MR) is 184 cm³/mol. The van der Waals surface area contributed by atoms with E-state index in [1.807, 2.05) is 0 Å². The molecule has 1 aromatic heterocycles. The van der Waals surface area contributed by atoms with E-state index in [0.717, 1.165) is 0 Å². The van der Waals surface area contributed by atoms with Gasteiger partial charge in [-0.3, -0.25) is 0 Å². The quantitative estimate of drug-likeness (QED) is 0.195. The summed E-state index contributed by atoms with van der Waals surface area (Å²) < 4.78 is 2.53. The van der Waals surface area contributed by atoms with Gasteiger partial charge >= 0.3 is 0 Å². The fourth-order valence-electron chi connectivity index (χ4n) is 7.00. The van der Waals surface area contributed by atoms with E-state index < -0.39 is 0 Å². The molecule has 0 atom stereocenters. The Morgan fingerprint density at radius 2 is 0.907 bits per heavy atom. The number of hydrogen-bond donors (Lipinski definition) is 0. The minimum atomic E-state index is 1.18. The van der Waals surface area contributed by atoms with E-state index in [4.69, 9.17) is 0 Å². The Morgan fingerprint density at radius 1 is 0.349 bits per heavy atom. The molecule has 0 N–H and O–H groups in total. The number of rotatable bonds is 3. The molecule has 8 aromatic carbocycles. The summed E-state index contributed by atoms with van der Waals surface area (Å²) in [5.74, 6) is 0. The van der Waals surface area contributed by atoms with Crippen molar-refractivity contribution in [3.05, 3.63) is 164 Å². The van der Waals surface area contributed by atoms with Crippen LogP contribution in [0.25, 0.3) is 82.1 Å². The Bertz CT molecular complexity index is 2480. The number of aromatic nitrogens is 1. The van der Waals surface area contributed by atoms with Gasteiger partial charge in [0.15, 0.2) is 0 Å². The number of nitrogens with zero attached hydrogens (tertiary/aromatic N) is 1. The first kappa shape index (κ1) is 24.0. The first-order valence-electron chi connectivity index (χ1n) is 14.9. The summed E-state index contributed by atoms with van der Waals surface area (Å²) in [7, 11) is 0. The molecule has 9 rings (SSSR count). The number of benzene rings is 8. The lowest BCUT2D eigenvalue weighted by Gasteiger charge is -2.17. The average Bonchev–Trinajstić information content (AvgIpc) is 3.42. The lowest BCUT2D eigenvalue weighted by Crippen LogP contribution is -1.99. The first-order valence-corrected chi connectivity index (χ1v) is 14.9. The van der Waals surface area contributed by atoms with E-state index in [1.54, 1.807) is 0 Å². The van der Waals surface area contributed by atoms with Crippen LogP contribution >= 0.6 is 0 Å². The molecular formula is C42H27N. The van der Waals surface area contributed by atoms with Crippen molar-refractivity contribution in [2.75, 3.05) is 0 Å². The molecule has 0 aliphatic heterocycles. The van der Waals surface area contributed by atoms with Crippen molar-refractivity contribution in [3.8, 4) is 27.9 Å². The molecule has 200 valence electrons. The lowest BCUT2D eigenvalue weighted by atomic mass is 9.95. The van der Waals surface area contributed by atoms with Crippen LogP contribution in [0.1, 0.15) is 0 Å². The molecule has 0 spiro atoms. The number of hydrogen-bond acceptors (Lipinski definition) is 0. The lowest BCUT2D eigenvalue weighted by molar-refractivity contribution is 1.19. The van der Waals surface area contributed by atoms with Gasteiger partial charge in [0.1, 0.15) is 0 Å². The van der Waals surface area contributed by atoms with Crippen molar-refractivity contribution >= 4 is 54.1 Å². The second-order valence-electron chi connectivity index (χ2n) is 11.3. The van der Waals surface area contributed by atoms with Crippen LogP contribution in [0.15, 0.2) is 164 Å². The minimum Gasteiger partial charge on any atom is -0.308 e. The standard InChI is InChI=1S/C42H27N/c1-3-13-28(14-4-1)32-23-24-39(37(25-32)29-15-5-2-6-16-29)43-40-27-31-18-8-7-17-30(31)26-38(40)41-35-21-11-9-19-33(35)34-20-10-12-22-36(34)42(41)43/h1-27H. The molecule has 0 aliphatic carbocycles. The third kappa shape index (κ3) is 3.65. The highest BCUT2D eigenvalue weighted by molar-refractivity contribution is 6.33. The van der Waals surface area contributed by atoms with Gasteiger partial charge in [0.25, 0.3) is 0 Å². The van der Waals surface area contributed by atoms with Crippen molar-refractivity contribution in [3.63, 3.8) is 0 Å². The average molecular weight is 546 g/mol. The van der Waals surface area contributed by atoms with Crippen LogP contribution in [-0.4, -0.2) is 4.57 Å². The fraction of sp³-hybridized carbons (Fsp3) is 0. The van der Waals surface area contributed by atoms with E-state index in [0.29, 0.717) is 0 Å². The van der Waals surface area contributed by atoms with Crippen LogP contribution in [0, 0.1) is 0 Å². The van der Waals surface area contributed by atoms with Gasteiger partial charge in [0.05, 0.1) is 16.7 Å². The SMILES string of the molecule is c1ccc(-c2ccc(-n3c4cc5ccccc5cc4c4c5ccccc5c5ccccc5c43)c(-c3ccccc3)c2)cc1. The number of fused-ring (bicyclic) bond motifs is 9. The molecular weight excluding hydrogens is 518 g/mol. The molecule has 1 heteroatoms. The van der Waals surface area contributed by atoms with Crippen molar-refractivity contribution in [1.82, 2.24) is 4.57 Å². The van der Waals surface area contributed by atoms with Crippen molar-refractivity contribution in [1.29, 1.82) is 0 Å². The van der Waals surface area contributed by atoms with E-state index in [-0.39, 0.29) is 0 Å². The van der Waals surface area contributed by atoms with E-state index in [9.17, 15) is 0 Å². The zero-order valence-corrected chi connectivity index (χ0v) is 23.5. The third-order valence-electron chi connectivity index (χ3n) is 8.93. The second kappa shape index (κ2) is 9.44. The topological polar surface area (TPSA) is 4.93 Å². The van der Waals surface area contributed by atoms with Gasteiger partial charge < -0.3 is 4.57 Å². The Balaban J connectivity index is 1.51. The van der Waals surface area contributed by atoms with Crippen LogP contribution in [-0.2, 0) is 0 Å². The van der Waals surface area contributed by atoms with E-state index >= 15 is 0 Å². The summed E-state index contributed by atoms with van der Waals surface area (Å²) in [5.41, 5.74) is 8.51. The van der Waals surface area contributed by atoms with E-state index in [1.165, 1.54) is 82.1 Å². The summed E-state index contributed by atoms with van der Waals surface area (Å²) in [6.45, 7) is 0. The summed E-state index contributed by atoms with van der Waals surface area (Å²) in [4.78, 5) is 0. The maximum absolute atomic E-state index is 2.53. The van der Waals surface area contributed by atoms with Crippen LogP contribution in [0.3, 0.4) is 0 Å². The highest BCUT2D eigenvalue weighted by Crippen LogP contribution is 2.45. The summed E-state index contributed by atoms with van der Waals surface area (Å²) in [6, 6.07) is 59.7. The normalized spacial score (nSPS) is 11.7. The predicted octanol–water partition coefficient (Wildman–Crippen LogP) is 11.6. The van der Waals surface area contributed by atoms with Gasteiger partial charge in [-0.05, 0) is 67.9 Å². The molecule has 43 heavy (non-hydrogen) atoms.